The SMILES string of the molecule is O=C(/C=C/c1cccs1)NC(=S)NCC1CCCO1. The summed E-state index contributed by atoms with van der Waals surface area (Å²) < 4.78 is 5.46. The normalized spacial score (nSPS) is 18.6. The van der Waals surface area contributed by atoms with E-state index in [2.05, 4.69) is 10.6 Å². The fourth-order valence-electron chi connectivity index (χ4n) is 1.75. The molecule has 19 heavy (non-hydrogen) atoms. The molecule has 6 heteroatoms. The van der Waals surface area contributed by atoms with Crippen LogP contribution in [0.1, 0.15) is 17.7 Å². The summed E-state index contributed by atoms with van der Waals surface area (Å²) in [5.74, 6) is -0.224. The minimum atomic E-state index is -0.224. The molecule has 4 nitrogen and oxygen atoms in total. The van der Waals surface area contributed by atoms with E-state index in [-0.39, 0.29) is 12.0 Å². The Morgan fingerprint density at radius 3 is 3.21 bits per heavy atom. The Morgan fingerprint density at radius 2 is 2.53 bits per heavy atom. The van der Waals surface area contributed by atoms with Crippen LogP contribution in [0.2, 0.25) is 0 Å². The first-order chi connectivity index (χ1) is 9.24. The molecule has 1 unspecified atom stereocenters. The highest BCUT2D eigenvalue weighted by Gasteiger charge is 2.15. The van der Waals surface area contributed by atoms with Crippen molar-refractivity contribution in [2.45, 2.75) is 18.9 Å². The predicted molar refractivity (Wildman–Crippen MR) is 81.1 cm³/mol. The number of rotatable bonds is 4. The van der Waals surface area contributed by atoms with E-state index in [0.29, 0.717) is 11.7 Å². The molecule has 2 heterocycles. The average Bonchev–Trinajstić information content (AvgIpc) is 3.07. The summed E-state index contributed by atoms with van der Waals surface area (Å²) >= 11 is 6.63. The van der Waals surface area contributed by atoms with Gasteiger partial charge in [-0.25, -0.2) is 0 Å². The van der Waals surface area contributed by atoms with E-state index in [1.165, 1.54) is 6.08 Å². The van der Waals surface area contributed by atoms with E-state index in [1.54, 1.807) is 17.4 Å². The van der Waals surface area contributed by atoms with Crippen molar-refractivity contribution in [3.8, 4) is 0 Å². The number of carbonyl (C=O) groups is 1. The first kappa shape index (κ1) is 14.2. The van der Waals surface area contributed by atoms with Gasteiger partial charge in [-0.3, -0.25) is 10.1 Å². The lowest BCUT2D eigenvalue weighted by Crippen LogP contribution is -2.41. The van der Waals surface area contributed by atoms with Gasteiger partial charge in [0.05, 0.1) is 6.10 Å². The second kappa shape index (κ2) is 7.37. The van der Waals surface area contributed by atoms with Gasteiger partial charge in [0.25, 0.3) is 0 Å². The first-order valence-corrected chi connectivity index (χ1v) is 7.45. The van der Waals surface area contributed by atoms with E-state index in [4.69, 9.17) is 17.0 Å². The van der Waals surface area contributed by atoms with E-state index in [1.807, 2.05) is 17.5 Å². The predicted octanol–water partition coefficient (Wildman–Crippen LogP) is 1.93. The van der Waals surface area contributed by atoms with E-state index >= 15 is 0 Å². The molecule has 1 saturated heterocycles. The molecule has 0 radical (unpaired) electrons. The molecule has 1 aromatic heterocycles. The zero-order valence-corrected chi connectivity index (χ0v) is 12.1. The van der Waals surface area contributed by atoms with Crippen LogP contribution in [0.25, 0.3) is 6.08 Å². The van der Waals surface area contributed by atoms with Gasteiger partial charge in [0.1, 0.15) is 0 Å². The lowest BCUT2D eigenvalue weighted by atomic mass is 10.2. The van der Waals surface area contributed by atoms with Crippen LogP contribution in [-0.2, 0) is 9.53 Å². The van der Waals surface area contributed by atoms with Gasteiger partial charge < -0.3 is 10.1 Å². The molecule has 1 fully saturated rings. The quantitative estimate of drug-likeness (QED) is 0.658. The highest BCUT2D eigenvalue weighted by molar-refractivity contribution is 7.80. The Labute approximate surface area is 121 Å². The number of thiocarbonyl (C=S) groups is 1. The molecule has 1 aliphatic rings. The molecular weight excluding hydrogens is 280 g/mol. The van der Waals surface area contributed by atoms with Crippen LogP contribution < -0.4 is 10.6 Å². The van der Waals surface area contributed by atoms with Crippen molar-refractivity contribution in [1.29, 1.82) is 0 Å². The second-order valence-electron chi connectivity index (χ2n) is 4.18. The molecule has 2 N–H and O–H groups in total. The van der Waals surface area contributed by atoms with Crippen LogP contribution in [0.3, 0.4) is 0 Å². The van der Waals surface area contributed by atoms with Gasteiger partial charge in [-0.05, 0) is 42.6 Å². The molecule has 1 aliphatic heterocycles. The van der Waals surface area contributed by atoms with Gasteiger partial charge in [-0.1, -0.05) is 6.07 Å². The van der Waals surface area contributed by atoms with Crippen LogP contribution in [-0.4, -0.2) is 30.3 Å². The molecule has 0 spiro atoms. The van der Waals surface area contributed by atoms with Crippen molar-refractivity contribution in [3.63, 3.8) is 0 Å². The maximum atomic E-state index is 11.6. The molecular formula is C13H16N2O2S2. The first-order valence-electron chi connectivity index (χ1n) is 6.16. The minimum absolute atomic E-state index is 0.205. The van der Waals surface area contributed by atoms with Gasteiger partial charge in [0.15, 0.2) is 5.11 Å². The third kappa shape index (κ3) is 5.10. The Morgan fingerprint density at radius 1 is 1.63 bits per heavy atom. The summed E-state index contributed by atoms with van der Waals surface area (Å²) in [6.45, 7) is 1.46. The Kier molecular flexibility index (Phi) is 5.50. The lowest BCUT2D eigenvalue weighted by molar-refractivity contribution is -0.115. The van der Waals surface area contributed by atoms with E-state index in [9.17, 15) is 4.79 Å². The summed E-state index contributed by atoms with van der Waals surface area (Å²) in [7, 11) is 0. The van der Waals surface area contributed by atoms with Gasteiger partial charge >= 0.3 is 0 Å². The van der Waals surface area contributed by atoms with E-state index < -0.39 is 0 Å². The topological polar surface area (TPSA) is 50.4 Å². The minimum Gasteiger partial charge on any atom is -0.376 e. The summed E-state index contributed by atoms with van der Waals surface area (Å²) in [5, 5.41) is 7.91. The molecule has 1 amide bonds. The van der Waals surface area contributed by atoms with Crippen molar-refractivity contribution >= 4 is 40.7 Å². The summed E-state index contributed by atoms with van der Waals surface area (Å²) in [6.07, 6.45) is 5.59. The van der Waals surface area contributed by atoms with Crippen molar-refractivity contribution in [2.75, 3.05) is 13.2 Å². The number of nitrogens with one attached hydrogen (secondary N) is 2. The second-order valence-corrected chi connectivity index (χ2v) is 5.57. The number of carbonyl (C=O) groups excluding carboxylic acids is 1. The monoisotopic (exact) mass is 296 g/mol. The molecule has 102 valence electrons. The molecule has 0 aromatic carbocycles. The maximum Gasteiger partial charge on any atom is 0.250 e. The molecule has 0 bridgehead atoms. The fraction of sp³-hybridized carbons (Fsp3) is 0.385. The van der Waals surface area contributed by atoms with Crippen LogP contribution in [0.15, 0.2) is 23.6 Å². The number of ether oxygens (including phenoxy) is 1. The van der Waals surface area contributed by atoms with Crippen molar-refractivity contribution in [2.24, 2.45) is 0 Å². The Hall–Kier alpha value is -1.24. The average molecular weight is 296 g/mol. The number of thiophene rings is 1. The fourth-order valence-corrected chi connectivity index (χ4v) is 2.56. The summed E-state index contributed by atoms with van der Waals surface area (Å²) in [4.78, 5) is 12.6. The van der Waals surface area contributed by atoms with Gasteiger partial charge in [0, 0.05) is 24.1 Å². The number of hydrogen-bond donors (Lipinski definition) is 2. The maximum absolute atomic E-state index is 11.6. The summed E-state index contributed by atoms with van der Waals surface area (Å²) in [6, 6.07) is 3.89. The van der Waals surface area contributed by atoms with Gasteiger partial charge in [-0.2, -0.15) is 0 Å². The van der Waals surface area contributed by atoms with Gasteiger partial charge in [-0.15, -0.1) is 11.3 Å². The molecule has 0 aliphatic carbocycles. The Bertz CT molecular complexity index is 451. The highest BCUT2D eigenvalue weighted by Crippen LogP contribution is 2.10. The largest absolute Gasteiger partial charge is 0.376 e. The Balaban J connectivity index is 1.68. The van der Waals surface area contributed by atoms with Gasteiger partial charge in [0.2, 0.25) is 5.91 Å². The highest BCUT2D eigenvalue weighted by atomic mass is 32.1. The molecule has 1 atom stereocenters. The number of hydrogen-bond acceptors (Lipinski definition) is 4. The zero-order valence-electron chi connectivity index (χ0n) is 10.4. The molecule has 0 saturated carbocycles. The standard InChI is InChI=1S/C13H16N2O2S2/c16-12(6-5-11-4-2-8-19-11)15-13(18)14-9-10-3-1-7-17-10/h2,4-6,8,10H,1,3,7,9H2,(H2,14,15,16,18)/b6-5+. The van der Waals surface area contributed by atoms with Crippen LogP contribution >= 0.6 is 23.6 Å². The van der Waals surface area contributed by atoms with Crippen molar-refractivity contribution < 1.29 is 9.53 Å². The smallest absolute Gasteiger partial charge is 0.250 e. The molecule has 1 aromatic rings. The third-order valence-corrected chi connectivity index (χ3v) is 3.78. The van der Waals surface area contributed by atoms with Crippen molar-refractivity contribution in [3.05, 3.63) is 28.5 Å². The van der Waals surface area contributed by atoms with Crippen LogP contribution in [0.5, 0.6) is 0 Å². The van der Waals surface area contributed by atoms with Crippen molar-refractivity contribution in [1.82, 2.24) is 10.6 Å². The molecule has 2 rings (SSSR count). The van der Waals surface area contributed by atoms with E-state index in [0.717, 1.165) is 24.3 Å². The number of amides is 1. The third-order valence-electron chi connectivity index (χ3n) is 2.69. The van der Waals surface area contributed by atoms with Crippen LogP contribution in [0.4, 0.5) is 0 Å². The zero-order chi connectivity index (χ0) is 13.5. The summed E-state index contributed by atoms with van der Waals surface area (Å²) in [5.41, 5.74) is 0. The van der Waals surface area contributed by atoms with Crippen LogP contribution in [0, 0.1) is 0 Å². The lowest BCUT2D eigenvalue weighted by Gasteiger charge is -2.12.